The fraction of sp³-hybridized carbons (Fsp3) is 0.421. The molecule has 0 aliphatic rings. The molecule has 7 heteroatoms. The maximum Gasteiger partial charge on any atom is 0.286 e. The van der Waals surface area contributed by atoms with Gasteiger partial charge in [0.1, 0.15) is 18.1 Å². The Morgan fingerprint density at radius 1 is 1.19 bits per heavy atom. The van der Waals surface area contributed by atoms with Gasteiger partial charge in [-0.25, -0.2) is 0 Å². The summed E-state index contributed by atoms with van der Waals surface area (Å²) in [4.78, 5) is 14.4. The number of halogens is 2. The third kappa shape index (κ3) is 6.24. The van der Waals surface area contributed by atoms with Crippen LogP contribution in [-0.4, -0.2) is 37.0 Å². The summed E-state index contributed by atoms with van der Waals surface area (Å²) in [5, 5.41) is 3.84. The van der Waals surface area contributed by atoms with Crippen molar-refractivity contribution < 1.29 is 13.9 Å². The summed E-state index contributed by atoms with van der Waals surface area (Å²) in [7, 11) is 0. The summed E-state index contributed by atoms with van der Waals surface area (Å²) in [6.07, 6.45) is 0.902. The highest BCUT2D eigenvalue weighted by Gasteiger charge is 2.12. The molecule has 1 amide bonds. The standard InChI is InChI=1S/C19H24Cl2N2O3/c1-3-23(4-2)11-5-10-22-19(24)18-9-7-15(26-18)13-25-17-8-6-14(20)12-16(17)21/h6-9,12H,3-5,10-11,13H2,1-2H3,(H,22,24). The number of rotatable bonds is 10. The van der Waals surface area contributed by atoms with Crippen LogP contribution in [0.1, 0.15) is 36.6 Å². The molecule has 5 nitrogen and oxygen atoms in total. The first-order valence-corrected chi connectivity index (χ1v) is 9.46. The third-order valence-electron chi connectivity index (χ3n) is 3.98. The SMILES string of the molecule is CCN(CC)CCCNC(=O)c1ccc(COc2ccc(Cl)cc2Cl)o1. The number of benzene rings is 1. The molecule has 26 heavy (non-hydrogen) atoms. The maximum absolute atomic E-state index is 12.1. The van der Waals surface area contributed by atoms with E-state index in [1.165, 1.54) is 0 Å². The van der Waals surface area contributed by atoms with Gasteiger partial charge in [-0.2, -0.15) is 0 Å². The van der Waals surface area contributed by atoms with Crippen molar-refractivity contribution in [3.05, 3.63) is 51.9 Å². The van der Waals surface area contributed by atoms with Crippen molar-refractivity contribution in [2.75, 3.05) is 26.2 Å². The molecule has 2 aromatic rings. The number of furan rings is 1. The van der Waals surface area contributed by atoms with Crippen LogP contribution < -0.4 is 10.1 Å². The van der Waals surface area contributed by atoms with Crippen molar-refractivity contribution in [1.29, 1.82) is 0 Å². The van der Waals surface area contributed by atoms with E-state index in [1.807, 2.05) is 0 Å². The Hall–Kier alpha value is -1.69. The summed E-state index contributed by atoms with van der Waals surface area (Å²) in [6.45, 7) is 8.05. The van der Waals surface area contributed by atoms with Crippen LogP contribution in [0.3, 0.4) is 0 Å². The van der Waals surface area contributed by atoms with Gasteiger partial charge in [-0.1, -0.05) is 37.0 Å². The lowest BCUT2D eigenvalue weighted by molar-refractivity contribution is 0.0920. The second-order valence-corrected chi connectivity index (χ2v) is 6.61. The van der Waals surface area contributed by atoms with Crippen molar-refractivity contribution in [2.45, 2.75) is 26.9 Å². The molecule has 0 aliphatic carbocycles. The minimum absolute atomic E-state index is 0.177. The van der Waals surface area contributed by atoms with Crippen LogP contribution in [0.15, 0.2) is 34.7 Å². The van der Waals surface area contributed by atoms with E-state index in [1.54, 1.807) is 30.3 Å². The number of carbonyl (C=O) groups is 1. The number of hydrogen-bond acceptors (Lipinski definition) is 4. The largest absolute Gasteiger partial charge is 0.484 e. The van der Waals surface area contributed by atoms with E-state index in [4.69, 9.17) is 32.4 Å². The predicted molar refractivity (Wildman–Crippen MR) is 104 cm³/mol. The Kier molecular flexibility index (Phi) is 8.29. The first-order valence-electron chi connectivity index (χ1n) is 8.70. The fourth-order valence-electron chi connectivity index (χ4n) is 2.45. The van der Waals surface area contributed by atoms with E-state index in [9.17, 15) is 4.79 Å². The fourth-order valence-corrected chi connectivity index (χ4v) is 2.91. The Morgan fingerprint density at radius 2 is 1.96 bits per heavy atom. The summed E-state index contributed by atoms with van der Waals surface area (Å²) in [5.41, 5.74) is 0. The zero-order chi connectivity index (χ0) is 18.9. The first kappa shape index (κ1) is 20.6. The van der Waals surface area contributed by atoms with E-state index in [0.29, 0.717) is 28.1 Å². The summed E-state index contributed by atoms with van der Waals surface area (Å²) in [6, 6.07) is 8.35. The smallest absolute Gasteiger partial charge is 0.286 e. The molecule has 0 unspecified atom stereocenters. The Bertz CT molecular complexity index is 715. The van der Waals surface area contributed by atoms with Gasteiger partial charge in [0, 0.05) is 11.6 Å². The van der Waals surface area contributed by atoms with Crippen molar-refractivity contribution >= 4 is 29.1 Å². The van der Waals surface area contributed by atoms with Gasteiger partial charge in [0.15, 0.2) is 5.76 Å². The number of nitrogens with zero attached hydrogens (tertiary/aromatic N) is 1. The Morgan fingerprint density at radius 3 is 2.65 bits per heavy atom. The molecule has 0 aliphatic heterocycles. The van der Waals surface area contributed by atoms with Gasteiger partial charge in [0.05, 0.1) is 5.02 Å². The van der Waals surface area contributed by atoms with Crippen LogP contribution in [0.25, 0.3) is 0 Å². The highest BCUT2D eigenvalue weighted by Crippen LogP contribution is 2.28. The zero-order valence-corrected chi connectivity index (χ0v) is 16.6. The van der Waals surface area contributed by atoms with Crippen LogP contribution >= 0.6 is 23.2 Å². The zero-order valence-electron chi connectivity index (χ0n) is 15.1. The minimum atomic E-state index is -0.222. The normalized spacial score (nSPS) is 11.0. The number of carbonyl (C=O) groups excluding carboxylic acids is 1. The number of hydrogen-bond donors (Lipinski definition) is 1. The maximum atomic E-state index is 12.1. The summed E-state index contributed by atoms with van der Waals surface area (Å²) in [5.74, 6) is 1.10. The molecule has 0 fully saturated rings. The molecule has 2 rings (SSSR count). The van der Waals surface area contributed by atoms with E-state index in [0.717, 1.165) is 26.1 Å². The second kappa shape index (κ2) is 10.5. The van der Waals surface area contributed by atoms with Crippen molar-refractivity contribution in [3.63, 3.8) is 0 Å². The van der Waals surface area contributed by atoms with Crippen molar-refractivity contribution in [1.82, 2.24) is 10.2 Å². The lowest BCUT2D eigenvalue weighted by Gasteiger charge is -2.17. The molecule has 1 N–H and O–H groups in total. The number of ether oxygens (including phenoxy) is 1. The van der Waals surface area contributed by atoms with Crippen molar-refractivity contribution in [3.8, 4) is 5.75 Å². The van der Waals surface area contributed by atoms with Crippen LogP contribution in [0, 0.1) is 0 Å². The molecule has 0 saturated heterocycles. The van der Waals surface area contributed by atoms with Gasteiger partial charge in [-0.15, -0.1) is 0 Å². The Balaban J connectivity index is 1.78. The van der Waals surface area contributed by atoms with Crippen molar-refractivity contribution in [2.24, 2.45) is 0 Å². The van der Waals surface area contributed by atoms with Gasteiger partial charge in [0.2, 0.25) is 0 Å². The summed E-state index contributed by atoms with van der Waals surface area (Å²) < 4.78 is 11.1. The van der Waals surface area contributed by atoms with Crippen LogP contribution in [-0.2, 0) is 6.61 Å². The third-order valence-corrected chi connectivity index (χ3v) is 4.51. The molecule has 0 spiro atoms. The number of amides is 1. The molecule has 0 atom stereocenters. The highest BCUT2D eigenvalue weighted by atomic mass is 35.5. The second-order valence-electron chi connectivity index (χ2n) is 5.77. The molecule has 0 saturated carbocycles. The van der Waals surface area contributed by atoms with Crippen LogP contribution in [0.4, 0.5) is 0 Å². The molecule has 0 radical (unpaired) electrons. The molecule has 1 heterocycles. The van der Waals surface area contributed by atoms with E-state index in [-0.39, 0.29) is 18.3 Å². The highest BCUT2D eigenvalue weighted by molar-refractivity contribution is 6.35. The van der Waals surface area contributed by atoms with Gasteiger partial charge in [0.25, 0.3) is 5.91 Å². The lowest BCUT2D eigenvalue weighted by atomic mass is 10.3. The van der Waals surface area contributed by atoms with E-state index < -0.39 is 0 Å². The van der Waals surface area contributed by atoms with Gasteiger partial charge < -0.3 is 19.4 Å². The molecule has 1 aromatic carbocycles. The lowest BCUT2D eigenvalue weighted by Crippen LogP contribution is -2.29. The first-order chi connectivity index (χ1) is 12.5. The topological polar surface area (TPSA) is 54.7 Å². The molecule has 0 bridgehead atoms. The van der Waals surface area contributed by atoms with E-state index >= 15 is 0 Å². The monoisotopic (exact) mass is 398 g/mol. The quantitative estimate of drug-likeness (QED) is 0.592. The van der Waals surface area contributed by atoms with Gasteiger partial charge in [-0.05, 0) is 56.4 Å². The Labute approximate surface area is 164 Å². The van der Waals surface area contributed by atoms with Gasteiger partial charge >= 0.3 is 0 Å². The predicted octanol–water partition coefficient (Wildman–Crippen LogP) is 4.63. The molecule has 1 aromatic heterocycles. The minimum Gasteiger partial charge on any atom is -0.484 e. The molecular formula is C19H24Cl2N2O3. The average Bonchev–Trinajstić information content (AvgIpc) is 3.10. The van der Waals surface area contributed by atoms with Crippen LogP contribution in [0.2, 0.25) is 10.0 Å². The summed E-state index contributed by atoms with van der Waals surface area (Å²) >= 11 is 11.9. The average molecular weight is 399 g/mol. The van der Waals surface area contributed by atoms with Gasteiger partial charge in [-0.3, -0.25) is 4.79 Å². The molecule has 142 valence electrons. The van der Waals surface area contributed by atoms with E-state index in [2.05, 4.69) is 24.1 Å². The number of nitrogens with one attached hydrogen (secondary N) is 1. The van der Waals surface area contributed by atoms with Crippen LogP contribution in [0.5, 0.6) is 5.75 Å². The molecular weight excluding hydrogens is 375 g/mol.